The molecule has 3 aromatic rings. The van der Waals surface area contributed by atoms with Crippen molar-refractivity contribution in [3.05, 3.63) is 48.8 Å². The fourth-order valence-corrected chi connectivity index (χ4v) is 2.07. The van der Waals surface area contributed by atoms with Crippen molar-refractivity contribution in [2.45, 2.75) is 20.0 Å². The van der Waals surface area contributed by atoms with Gasteiger partial charge >= 0.3 is 0 Å². The number of nitrogens with zero attached hydrogens (tertiary/aromatic N) is 4. The Bertz CT molecular complexity index is 635. The molecule has 0 amide bonds. The normalized spacial score (nSPS) is 11.1. The molecule has 0 aliphatic carbocycles. The monoisotopic (exact) mass is 226 g/mol. The molecule has 2 aromatic heterocycles. The van der Waals surface area contributed by atoms with E-state index in [0.717, 1.165) is 29.9 Å². The van der Waals surface area contributed by atoms with Crippen LogP contribution in [0.2, 0.25) is 0 Å². The van der Waals surface area contributed by atoms with E-state index in [4.69, 9.17) is 0 Å². The first-order chi connectivity index (χ1) is 8.38. The Morgan fingerprint density at radius 2 is 2.00 bits per heavy atom. The number of hydrogen-bond donors (Lipinski definition) is 0. The summed E-state index contributed by atoms with van der Waals surface area (Å²) in [5.41, 5.74) is 2.18. The largest absolute Gasteiger partial charge is 0.334 e. The topological polar surface area (TPSA) is 35.6 Å². The van der Waals surface area contributed by atoms with Gasteiger partial charge in [0.1, 0.15) is 5.82 Å². The molecule has 0 atom stereocenters. The molecule has 2 heterocycles. The Morgan fingerprint density at radius 1 is 1.12 bits per heavy atom. The molecule has 0 fully saturated rings. The average molecular weight is 226 g/mol. The number of aryl methyl sites for hydroxylation is 1. The van der Waals surface area contributed by atoms with E-state index in [-0.39, 0.29) is 0 Å². The molecule has 0 saturated carbocycles. The molecular weight excluding hydrogens is 212 g/mol. The maximum Gasteiger partial charge on any atom is 0.128 e. The molecule has 0 unspecified atom stereocenters. The van der Waals surface area contributed by atoms with E-state index >= 15 is 0 Å². The van der Waals surface area contributed by atoms with Gasteiger partial charge in [0.25, 0.3) is 0 Å². The fourth-order valence-electron chi connectivity index (χ4n) is 2.07. The summed E-state index contributed by atoms with van der Waals surface area (Å²) in [6, 6.07) is 8.15. The Hall–Kier alpha value is -2.10. The van der Waals surface area contributed by atoms with Crippen molar-refractivity contribution in [3.8, 4) is 0 Å². The van der Waals surface area contributed by atoms with Crippen molar-refractivity contribution in [2.24, 2.45) is 0 Å². The summed E-state index contributed by atoms with van der Waals surface area (Å²) in [6.07, 6.45) is 5.73. The van der Waals surface area contributed by atoms with Crippen molar-refractivity contribution < 1.29 is 0 Å². The highest BCUT2D eigenvalue weighted by molar-refractivity contribution is 5.74. The maximum absolute atomic E-state index is 4.38. The predicted molar refractivity (Wildman–Crippen MR) is 66.7 cm³/mol. The second-order valence-corrected chi connectivity index (χ2v) is 3.99. The summed E-state index contributed by atoms with van der Waals surface area (Å²) in [4.78, 5) is 8.76. The van der Waals surface area contributed by atoms with Crippen molar-refractivity contribution in [1.29, 1.82) is 0 Å². The number of para-hydroxylation sites is 2. The van der Waals surface area contributed by atoms with E-state index in [1.807, 2.05) is 36.9 Å². The highest BCUT2D eigenvalue weighted by atomic mass is 15.1. The van der Waals surface area contributed by atoms with Crippen LogP contribution in [0.15, 0.2) is 43.0 Å². The number of benzene rings is 1. The summed E-state index contributed by atoms with van der Waals surface area (Å²) in [5, 5.41) is 0. The molecule has 4 nitrogen and oxygen atoms in total. The molecule has 4 heteroatoms. The minimum Gasteiger partial charge on any atom is -0.334 e. The number of imidazole rings is 2. The Balaban J connectivity index is 2.00. The van der Waals surface area contributed by atoms with Gasteiger partial charge < -0.3 is 9.13 Å². The Kier molecular flexibility index (Phi) is 2.40. The zero-order valence-electron chi connectivity index (χ0n) is 9.74. The van der Waals surface area contributed by atoms with Gasteiger partial charge in [-0.15, -0.1) is 0 Å². The van der Waals surface area contributed by atoms with Crippen LogP contribution in [0.1, 0.15) is 12.7 Å². The average Bonchev–Trinajstić information content (AvgIpc) is 2.97. The van der Waals surface area contributed by atoms with Gasteiger partial charge in [0, 0.05) is 18.9 Å². The van der Waals surface area contributed by atoms with Crippen LogP contribution in [0.4, 0.5) is 0 Å². The molecule has 1 aromatic carbocycles. The molecule has 0 N–H and O–H groups in total. The number of fused-ring (bicyclic) bond motifs is 1. The van der Waals surface area contributed by atoms with E-state index in [1.165, 1.54) is 0 Å². The van der Waals surface area contributed by atoms with Gasteiger partial charge in [-0.1, -0.05) is 12.1 Å². The van der Waals surface area contributed by atoms with E-state index in [9.17, 15) is 0 Å². The van der Waals surface area contributed by atoms with Crippen LogP contribution in [-0.4, -0.2) is 19.1 Å². The second kappa shape index (κ2) is 4.05. The molecule has 86 valence electrons. The van der Waals surface area contributed by atoms with Gasteiger partial charge in [-0.25, -0.2) is 9.97 Å². The van der Waals surface area contributed by atoms with Gasteiger partial charge in [0.2, 0.25) is 0 Å². The van der Waals surface area contributed by atoms with Crippen LogP contribution in [0.5, 0.6) is 0 Å². The van der Waals surface area contributed by atoms with Crippen molar-refractivity contribution in [2.75, 3.05) is 0 Å². The third-order valence-corrected chi connectivity index (χ3v) is 2.98. The van der Waals surface area contributed by atoms with Crippen LogP contribution in [0.3, 0.4) is 0 Å². The quantitative estimate of drug-likeness (QED) is 0.687. The first-order valence-corrected chi connectivity index (χ1v) is 5.78. The third kappa shape index (κ3) is 1.71. The maximum atomic E-state index is 4.38. The molecule has 3 rings (SSSR count). The van der Waals surface area contributed by atoms with Crippen molar-refractivity contribution in [1.82, 2.24) is 19.1 Å². The summed E-state index contributed by atoms with van der Waals surface area (Å²) in [7, 11) is 0. The number of aromatic nitrogens is 4. The lowest BCUT2D eigenvalue weighted by atomic mass is 10.3. The summed E-state index contributed by atoms with van der Waals surface area (Å²) < 4.78 is 4.28. The highest BCUT2D eigenvalue weighted by Crippen LogP contribution is 2.13. The van der Waals surface area contributed by atoms with E-state index < -0.39 is 0 Å². The zero-order valence-corrected chi connectivity index (χ0v) is 9.74. The molecule has 17 heavy (non-hydrogen) atoms. The van der Waals surface area contributed by atoms with Crippen LogP contribution in [0, 0.1) is 0 Å². The van der Waals surface area contributed by atoms with Crippen molar-refractivity contribution >= 4 is 11.0 Å². The van der Waals surface area contributed by atoms with Gasteiger partial charge in [-0.05, 0) is 19.1 Å². The SMILES string of the molecule is CCn1ccnc1Cn1cnc2ccccc21. The minimum atomic E-state index is 0.765. The highest BCUT2D eigenvalue weighted by Gasteiger charge is 2.05. The van der Waals surface area contributed by atoms with Gasteiger partial charge in [-0.2, -0.15) is 0 Å². The van der Waals surface area contributed by atoms with Gasteiger partial charge in [0.15, 0.2) is 0 Å². The Morgan fingerprint density at radius 3 is 2.88 bits per heavy atom. The molecule has 0 radical (unpaired) electrons. The van der Waals surface area contributed by atoms with Crippen LogP contribution < -0.4 is 0 Å². The van der Waals surface area contributed by atoms with Crippen molar-refractivity contribution in [3.63, 3.8) is 0 Å². The number of rotatable bonds is 3. The Labute approximate surface area is 99.5 Å². The van der Waals surface area contributed by atoms with Gasteiger partial charge in [0.05, 0.1) is 23.9 Å². The van der Waals surface area contributed by atoms with E-state index in [1.54, 1.807) is 0 Å². The smallest absolute Gasteiger partial charge is 0.128 e. The molecule has 0 bridgehead atoms. The molecule has 0 saturated heterocycles. The standard InChI is InChI=1S/C13H14N4/c1-2-16-8-7-14-13(16)9-17-10-15-11-5-3-4-6-12(11)17/h3-8,10H,2,9H2,1H3. The van der Waals surface area contributed by atoms with E-state index in [0.29, 0.717) is 0 Å². The summed E-state index contributed by atoms with van der Waals surface area (Å²) in [6.45, 7) is 3.83. The lowest BCUT2D eigenvalue weighted by Crippen LogP contribution is -2.06. The summed E-state index contributed by atoms with van der Waals surface area (Å²) >= 11 is 0. The first-order valence-electron chi connectivity index (χ1n) is 5.78. The van der Waals surface area contributed by atoms with Gasteiger partial charge in [-0.3, -0.25) is 0 Å². The lowest BCUT2D eigenvalue weighted by Gasteiger charge is -2.06. The first kappa shape index (κ1) is 10.1. The third-order valence-electron chi connectivity index (χ3n) is 2.98. The number of hydrogen-bond acceptors (Lipinski definition) is 2. The molecule has 0 aliphatic heterocycles. The molecular formula is C13H14N4. The second-order valence-electron chi connectivity index (χ2n) is 3.99. The van der Waals surface area contributed by atoms with Crippen LogP contribution in [0.25, 0.3) is 11.0 Å². The zero-order chi connectivity index (χ0) is 11.7. The fraction of sp³-hybridized carbons (Fsp3) is 0.231. The van der Waals surface area contributed by atoms with E-state index in [2.05, 4.69) is 32.1 Å². The molecule has 0 aliphatic rings. The van der Waals surface area contributed by atoms with Crippen LogP contribution >= 0.6 is 0 Å². The predicted octanol–water partition coefficient (Wildman–Crippen LogP) is 2.30. The van der Waals surface area contributed by atoms with Crippen LogP contribution in [-0.2, 0) is 13.1 Å². The lowest BCUT2D eigenvalue weighted by molar-refractivity contribution is 0.659. The molecule has 0 spiro atoms. The minimum absolute atomic E-state index is 0.765. The summed E-state index contributed by atoms with van der Waals surface area (Å²) in [5.74, 6) is 1.07.